The van der Waals surface area contributed by atoms with E-state index < -0.39 is 0 Å². The fraction of sp³-hybridized carbons (Fsp3) is 0.533. The first-order valence-corrected chi connectivity index (χ1v) is 7.08. The van der Waals surface area contributed by atoms with Crippen LogP contribution in [0.3, 0.4) is 0 Å². The molecule has 0 aromatic heterocycles. The molecule has 2 rings (SSSR count). The number of carbonyl (C=O) groups is 1. The van der Waals surface area contributed by atoms with E-state index in [9.17, 15) is 4.79 Å². The summed E-state index contributed by atoms with van der Waals surface area (Å²) in [5, 5.41) is 2.85. The Hall–Kier alpha value is -1.59. The zero-order chi connectivity index (χ0) is 14.4. The highest BCUT2D eigenvalue weighted by Crippen LogP contribution is 2.17. The minimum absolute atomic E-state index is 0.0109. The molecule has 3 N–H and O–H groups in total. The maximum absolute atomic E-state index is 11.9. The third-order valence-corrected chi connectivity index (χ3v) is 3.76. The highest BCUT2D eigenvalue weighted by molar-refractivity contribution is 5.93. The third kappa shape index (κ3) is 4.21. The Morgan fingerprint density at radius 2 is 2.10 bits per heavy atom. The smallest absolute Gasteiger partial charge is 0.225 e. The Bertz CT molecular complexity index is 442. The van der Waals surface area contributed by atoms with Gasteiger partial charge in [0.2, 0.25) is 5.91 Å². The second kappa shape index (κ2) is 7.26. The average Bonchev–Trinajstić information content (AvgIpc) is 2.48. The van der Waals surface area contributed by atoms with Gasteiger partial charge in [0.05, 0.1) is 17.5 Å². The molecule has 1 aromatic carbocycles. The number of para-hydroxylation sites is 2. The number of hydrogen-bond acceptors (Lipinski definition) is 4. The van der Waals surface area contributed by atoms with Gasteiger partial charge in [0, 0.05) is 33.2 Å². The Balaban J connectivity index is 1.72. The summed E-state index contributed by atoms with van der Waals surface area (Å²) in [6, 6.07) is 7.31. The summed E-state index contributed by atoms with van der Waals surface area (Å²) in [4.78, 5) is 14.2. The lowest BCUT2D eigenvalue weighted by Crippen LogP contribution is -2.38. The van der Waals surface area contributed by atoms with E-state index in [1.165, 1.54) is 0 Å². The normalized spacial score (nSPS) is 17.1. The van der Waals surface area contributed by atoms with Gasteiger partial charge in [-0.15, -0.1) is 0 Å². The number of nitrogens with zero attached hydrogens (tertiary/aromatic N) is 1. The Morgan fingerprint density at radius 3 is 2.75 bits per heavy atom. The van der Waals surface area contributed by atoms with Crippen LogP contribution in [0, 0.1) is 0 Å². The lowest BCUT2D eigenvalue weighted by molar-refractivity contribution is -0.116. The molecule has 1 saturated heterocycles. The number of hydrogen-bond donors (Lipinski definition) is 2. The molecule has 0 bridgehead atoms. The molecule has 110 valence electrons. The topological polar surface area (TPSA) is 67.6 Å². The van der Waals surface area contributed by atoms with Crippen molar-refractivity contribution in [2.75, 3.05) is 37.8 Å². The Kier molecular flexibility index (Phi) is 5.38. The number of likely N-dealkylation sites (tertiary alicyclic amines) is 1. The van der Waals surface area contributed by atoms with Crippen LogP contribution in [-0.4, -0.2) is 43.7 Å². The quantitative estimate of drug-likeness (QED) is 0.804. The number of rotatable bonds is 5. The summed E-state index contributed by atoms with van der Waals surface area (Å²) in [5.74, 6) is 0.0109. The number of piperidine rings is 1. The van der Waals surface area contributed by atoms with Gasteiger partial charge >= 0.3 is 0 Å². The molecule has 1 aliphatic heterocycles. The van der Waals surface area contributed by atoms with E-state index in [4.69, 9.17) is 10.5 Å². The minimum Gasteiger partial charge on any atom is -0.397 e. The first-order chi connectivity index (χ1) is 9.69. The lowest BCUT2D eigenvalue weighted by Gasteiger charge is -2.30. The summed E-state index contributed by atoms with van der Waals surface area (Å²) < 4.78 is 5.34. The lowest BCUT2D eigenvalue weighted by atomic mass is 10.1. The van der Waals surface area contributed by atoms with Crippen LogP contribution in [0.5, 0.6) is 0 Å². The van der Waals surface area contributed by atoms with Crippen molar-refractivity contribution in [2.45, 2.75) is 25.4 Å². The SMILES string of the molecule is COC1CCN(CCC(=O)Nc2ccccc2N)CC1. The van der Waals surface area contributed by atoms with Crippen molar-refractivity contribution in [3.63, 3.8) is 0 Å². The first-order valence-electron chi connectivity index (χ1n) is 7.08. The van der Waals surface area contributed by atoms with Gasteiger partial charge < -0.3 is 20.7 Å². The highest BCUT2D eigenvalue weighted by atomic mass is 16.5. The molecule has 1 aliphatic rings. The predicted octanol–water partition coefficient (Wildman–Crippen LogP) is 1.71. The summed E-state index contributed by atoms with van der Waals surface area (Å²) in [6.07, 6.45) is 2.96. The minimum atomic E-state index is 0.0109. The Morgan fingerprint density at radius 1 is 1.40 bits per heavy atom. The van der Waals surface area contributed by atoms with Crippen LogP contribution in [0.2, 0.25) is 0 Å². The molecule has 5 nitrogen and oxygen atoms in total. The van der Waals surface area contributed by atoms with E-state index in [0.29, 0.717) is 23.9 Å². The van der Waals surface area contributed by atoms with Gasteiger partial charge in [-0.25, -0.2) is 0 Å². The van der Waals surface area contributed by atoms with E-state index in [-0.39, 0.29) is 5.91 Å². The molecule has 5 heteroatoms. The van der Waals surface area contributed by atoms with Crippen molar-refractivity contribution < 1.29 is 9.53 Å². The van der Waals surface area contributed by atoms with Crippen molar-refractivity contribution in [1.29, 1.82) is 0 Å². The highest BCUT2D eigenvalue weighted by Gasteiger charge is 2.18. The van der Waals surface area contributed by atoms with E-state index >= 15 is 0 Å². The molecule has 1 aromatic rings. The maximum Gasteiger partial charge on any atom is 0.225 e. The summed E-state index contributed by atoms with van der Waals surface area (Å²) in [5.41, 5.74) is 7.09. The van der Waals surface area contributed by atoms with Crippen molar-refractivity contribution in [3.05, 3.63) is 24.3 Å². The molecule has 1 fully saturated rings. The summed E-state index contributed by atoms with van der Waals surface area (Å²) in [6.45, 7) is 2.79. The summed E-state index contributed by atoms with van der Waals surface area (Å²) >= 11 is 0. The van der Waals surface area contributed by atoms with Crippen LogP contribution >= 0.6 is 0 Å². The first kappa shape index (κ1) is 14.8. The molecular formula is C15H23N3O2. The largest absolute Gasteiger partial charge is 0.397 e. The second-order valence-electron chi connectivity index (χ2n) is 5.16. The molecule has 0 atom stereocenters. The van der Waals surface area contributed by atoms with Gasteiger partial charge in [0.15, 0.2) is 0 Å². The molecule has 0 saturated carbocycles. The number of nitrogens with one attached hydrogen (secondary N) is 1. The fourth-order valence-electron chi connectivity index (χ4n) is 2.45. The van der Waals surface area contributed by atoms with Crippen molar-refractivity contribution in [1.82, 2.24) is 4.90 Å². The molecule has 1 amide bonds. The van der Waals surface area contributed by atoms with E-state index in [2.05, 4.69) is 10.2 Å². The van der Waals surface area contributed by atoms with E-state index in [1.54, 1.807) is 13.2 Å². The zero-order valence-electron chi connectivity index (χ0n) is 12.0. The van der Waals surface area contributed by atoms with Gasteiger partial charge in [-0.3, -0.25) is 4.79 Å². The standard InChI is InChI=1S/C15H23N3O2/c1-20-12-6-9-18(10-7-12)11-8-15(19)17-14-5-3-2-4-13(14)16/h2-5,12H,6-11,16H2,1H3,(H,17,19). The Labute approximate surface area is 120 Å². The van der Waals surface area contributed by atoms with Crippen molar-refractivity contribution in [2.24, 2.45) is 0 Å². The number of nitrogen functional groups attached to an aromatic ring is 1. The van der Waals surface area contributed by atoms with Crippen LogP contribution in [0.4, 0.5) is 11.4 Å². The van der Waals surface area contributed by atoms with E-state index in [0.717, 1.165) is 32.5 Å². The molecule has 0 radical (unpaired) electrons. The van der Waals surface area contributed by atoms with Crippen LogP contribution < -0.4 is 11.1 Å². The zero-order valence-corrected chi connectivity index (χ0v) is 12.0. The summed E-state index contributed by atoms with van der Waals surface area (Å²) in [7, 11) is 1.76. The number of methoxy groups -OCH3 is 1. The van der Waals surface area contributed by atoms with Gasteiger partial charge in [-0.1, -0.05) is 12.1 Å². The number of amides is 1. The number of ether oxygens (including phenoxy) is 1. The van der Waals surface area contributed by atoms with Gasteiger partial charge in [-0.05, 0) is 25.0 Å². The monoisotopic (exact) mass is 277 g/mol. The molecule has 0 spiro atoms. The third-order valence-electron chi connectivity index (χ3n) is 3.76. The van der Waals surface area contributed by atoms with Crippen molar-refractivity contribution in [3.8, 4) is 0 Å². The molecule has 0 unspecified atom stereocenters. The van der Waals surface area contributed by atoms with Crippen molar-refractivity contribution >= 4 is 17.3 Å². The van der Waals surface area contributed by atoms with Crippen LogP contribution in [0.15, 0.2) is 24.3 Å². The predicted molar refractivity (Wildman–Crippen MR) is 80.6 cm³/mol. The van der Waals surface area contributed by atoms with Crippen LogP contribution in [-0.2, 0) is 9.53 Å². The van der Waals surface area contributed by atoms with Gasteiger partial charge in [0.25, 0.3) is 0 Å². The second-order valence-corrected chi connectivity index (χ2v) is 5.16. The maximum atomic E-state index is 11.9. The molecular weight excluding hydrogens is 254 g/mol. The number of benzene rings is 1. The average molecular weight is 277 g/mol. The number of anilines is 2. The van der Waals surface area contributed by atoms with E-state index in [1.807, 2.05) is 18.2 Å². The number of nitrogens with two attached hydrogens (primary N) is 1. The molecule has 1 heterocycles. The molecule has 0 aliphatic carbocycles. The van der Waals surface area contributed by atoms with Gasteiger partial charge in [0.1, 0.15) is 0 Å². The van der Waals surface area contributed by atoms with Crippen LogP contribution in [0.1, 0.15) is 19.3 Å². The molecule has 20 heavy (non-hydrogen) atoms. The fourth-order valence-corrected chi connectivity index (χ4v) is 2.45. The number of carbonyl (C=O) groups excluding carboxylic acids is 1. The van der Waals surface area contributed by atoms with Gasteiger partial charge in [-0.2, -0.15) is 0 Å². The van der Waals surface area contributed by atoms with Crippen LogP contribution in [0.25, 0.3) is 0 Å².